The third kappa shape index (κ3) is 5.68. The largest absolute Gasteiger partial charge is 0.379 e. The van der Waals surface area contributed by atoms with Crippen LogP contribution in [0, 0.1) is 0 Å². The summed E-state index contributed by atoms with van der Waals surface area (Å²) < 4.78 is 31.1. The number of hydrogen-bond donors (Lipinski definition) is 1. The second-order valence-corrected chi connectivity index (χ2v) is 13.7. The molecule has 0 aliphatic carbocycles. The highest BCUT2D eigenvalue weighted by Crippen LogP contribution is 2.36. The number of amides is 1. The molecule has 9 nitrogen and oxygen atoms in total. The summed E-state index contributed by atoms with van der Waals surface area (Å²) in [4.78, 5) is 31.4. The molecule has 10 heteroatoms. The van der Waals surface area contributed by atoms with Gasteiger partial charge in [-0.3, -0.25) is 19.4 Å². The monoisotopic (exact) mass is 544 g/mol. The van der Waals surface area contributed by atoms with Crippen molar-refractivity contribution in [2.75, 3.05) is 44.8 Å². The van der Waals surface area contributed by atoms with Gasteiger partial charge in [0.25, 0.3) is 11.5 Å². The maximum atomic E-state index is 13.4. The molecule has 5 rings (SSSR count). The van der Waals surface area contributed by atoms with Gasteiger partial charge in [-0.15, -0.1) is 0 Å². The third-order valence-electron chi connectivity index (χ3n) is 8.57. The highest BCUT2D eigenvalue weighted by molar-refractivity contribution is 7.91. The second-order valence-electron chi connectivity index (χ2n) is 11.4. The van der Waals surface area contributed by atoms with E-state index in [-0.39, 0.29) is 46.7 Å². The highest BCUT2D eigenvalue weighted by Gasteiger charge is 2.42. The number of ether oxygens (including phenoxy) is 1. The number of nitrogens with one attached hydrogen (secondary N) is 1. The van der Waals surface area contributed by atoms with E-state index in [0.29, 0.717) is 25.2 Å². The first kappa shape index (κ1) is 27.3. The Kier molecular flexibility index (Phi) is 7.96. The van der Waals surface area contributed by atoms with Gasteiger partial charge in [-0.2, -0.15) is 0 Å². The summed E-state index contributed by atoms with van der Waals surface area (Å²) in [6, 6.07) is 10.1. The average molecular weight is 545 g/mol. The quantitative estimate of drug-likeness (QED) is 0.543. The predicted molar refractivity (Wildman–Crippen MR) is 148 cm³/mol. The number of rotatable bonds is 8. The smallest absolute Gasteiger partial charge is 0.264 e. The Labute approximate surface area is 225 Å². The van der Waals surface area contributed by atoms with Crippen LogP contribution >= 0.6 is 0 Å². The molecule has 2 bridgehead atoms. The number of para-hydroxylation sites is 1. The van der Waals surface area contributed by atoms with Gasteiger partial charge in [0.15, 0.2) is 9.84 Å². The Hall–Kier alpha value is -2.27. The topological polar surface area (TPSA) is 101 Å². The van der Waals surface area contributed by atoms with Gasteiger partial charge >= 0.3 is 0 Å². The summed E-state index contributed by atoms with van der Waals surface area (Å²) in [5, 5.41) is 4.08. The van der Waals surface area contributed by atoms with Crippen LogP contribution in [0.2, 0.25) is 0 Å². The van der Waals surface area contributed by atoms with Crippen LogP contribution < -0.4 is 10.9 Å². The Morgan fingerprint density at radius 2 is 1.74 bits per heavy atom. The molecule has 4 heterocycles. The molecule has 3 saturated heterocycles. The number of pyridine rings is 1. The molecule has 3 atom stereocenters. The summed E-state index contributed by atoms with van der Waals surface area (Å²) in [6.07, 6.45) is 3.90. The van der Waals surface area contributed by atoms with Crippen molar-refractivity contribution in [2.45, 2.75) is 69.8 Å². The van der Waals surface area contributed by atoms with Crippen molar-refractivity contribution >= 4 is 26.6 Å². The maximum absolute atomic E-state index is 13.4. The van der Waals surface area contributed by atoms with Crippen LogP contribution in [0.4, 0.5) is 0 Å². The zero-order valence-corrected chi connectivity index (χ0v) is 23.5. The van der Waals surface area contributed by atoms with Gasteiger partial charge in [0.1, 0.15) is 5.56 Å². The molecule has 1 N–H and O–H groups in total. The molecule has 3 aliphatic heterocycles. The van der Waals surface area contributed by atoms with E-state index >= 15 is 0 Å². The first-order valence-electron chi connectivity index (χ1n) is 13.8. The lowest BCUT2D eigenvalue weighted by atomic mass is 9.96. The Balaban J connectivity index is 1.23. The summed E-state index contributed by atoms with van der Waals surface area (Å²) in [5.41, 5.74) is 0.800. The first-order valence-corrected chi connectivity index (χ1v) is 15.6. The molecule has 1 aromatic heterocycles. The standard InChI is InChI=1S/C28H40N4O5S/c1-19(2)32-26-7-5-4-6-20(26)14-25(28(32)34)27(33)29-21-15-22-8-9-23(16-21)31(22)18-24(37-3)17-30-10-12-38(35,36)13-11-30/h4-7,14,19,21-24H,8-13,15-18H2,1-3H3,(H,29,33). The van der Waals surface area contributed by atoms with E-state index < -0.39 is 9.84 Å². The third-order valence-corrected chi connectivity index (χ3v) is 10.2. The molecular weight excluding hydrogens is 504 g/mol. The molecule has 0 saturated carbocycles. The van der Waals surface area contributed by atoms with Crippen LogP contribution in [-0.2, 0) is 14.6 Å². The molecular formula is C28H40N4O5S. The van der Waals surface area contributed by atoms with E-state index in [9.17, 15) is 18.0 Å². The normalized spacial score (nSPS) is 26.6. The lowest BCUT2D eigenvalue weighted by molar-refractivity contribution is 0.00878. The Morgan fingerprint density at radius 1 is 1.08 bits per heavy atom. The number of aromatic nitrogens is 1. The van der Waals surface area contributed by atoms with E-state index in [1.165, 1.54) is 0 Å². The highest BCUT2D eigenvalue weighted by atomic mass is 32.2. The minimum absolute atomic E-state index is 0.0112. The van der Waals surface area contributed by atoms with Crippen molar-refractivity contribution in [1.82, 2.24) is 19.7 Å². The molecule has 3 unspecified atom stereocenters. The average Bonchev–Trinajstić information content (AvgIpc) is 3.10. The molecule has 208 valence electrons. The van der Waals surface area contributed by atoms with Gasteiger partial charge in [-0.25, -0.2) is 8.42 Å². The number of carbonyl (C=O) groups is 1. The van der Waals surface area contributed by atoms with Crippen molar-refractivity contribution in [3.63, 3.8) is 0 Å². The Morgan fingerprint density at radius 3 is 2.37 bits per heavy atom. The van der Waals surface area contributed by atoms with Crippen LogP contribution in [0.15, 0.2) is 35.1 Å². The summed E-state index contributed by atoms with van der Waals surface area (Å²) in [5.74, 6) is 0.154. The zero-order valence-electron chi connectivity index (χ0n) is 22.6. The summed E-state index contributed by atoms with van der Waals surface area (Å²) in [6.45, 7) is 6.59. The van der Waals surface area contributed by atoms with Crippen LogP contribution in [0.5, 0.6) is 0 Å². The van der Waals surface area contributed by atoms with Crippen molar-refractivity contribution in [2.24, 2.45) is 0 Å². The number of carbonyl (C=O) groups excluding carboxylic acids is 1. The second kappa shape index (κ2) is 11.1. The van der Waals surface area contributed by atoms with Gasteiger partial charge in [-0.1, -0.05) is 18.2 Å². The fourth-order valence-corrected chi connectivity index (χ4v) is 7.85. The number of sulfone groups is 1. The molecule has 1 amide bonds. The van der Waals surface area contributed by atoms with E-state index in [0.717, 1.165) is 49.7 Å². The molecule has 38 heavy (non-hydrogen) atoms. The van der Waals surface area contributed by atoms with E-state index in [1.807, 2.05) is 38.1 Å². The van der Waals surface area contributed by atoms with Crippen LogP contribution in [0.3, 0.4) is 0 Å². The number of hydrogen-bond acceptors (Lipinski definition) is 7. The Bertz CT molecular complexity index is 1310. The lowest BCUT2D eigenvalue weighted by Crippen LogP contribution is -2.54. The van der Waals surface area contributed by atoms with Gasteiger partial charge in [0, 0.05) is 57.5 Å². The molecule has 2 aromatic rings. The lowest BCUT2D eigenvalue weighted by Gasteiger charge is -2.41. The fourth-order valence-electron chi connectivity index (χ4n) is 6.58. The number of piperidine rings is 1. The number of fused-ring (bicyclic) bond motifs is 3. The minimum Gasteiger partial charge on any atom is -0.379 e. The van der Waals surface area contributed by atoms with E-state index in [4.69, 9.17) is 4.74 Å². The van der Waals surface area contributed by atoms with Crippen molar-refractivity contribution < 1.29 is 17.9 Å². The van der Waals surface area contributed by atoms with Gasteiger partial charge in [0.2, 0.25) is 0 Å². The van der Waals surface area contributed by atoms with Crippen molar-refractivity contribution in [3.8, 4) is 0 Å². The molecule has 0 spiro atoms. The number of benzene rings is 1. The summed E-state index contributed by atoms with van der Waals surface area (Å²) >= 11 is 0. The van der Waals surface area contributed by atoms with E-state index in [2.05, 4.69) is 15.1 Å². The van der Waals surface area contributed by atoms with Crippen molar-refractivity contribution in [1.29, 1.82) is 0 Å². The van der Waals surface area contributed by atoms with Crippen molar-refractivity contribution in [3.05, 3.63) is 46.2 Å². The van der Waals surface area contributed by atoms with Gasteiger partial charge in [-0.05, 0) is 57.0 Å². The fraction of sp³-hybridized carbons (Fsp3) is 0.643. The predicted octanol–water partition coefficient (Wildman–Crippen LogP) is 2.05. The van der Waals surface area contributed by atoms with Crippen LogP contribution in [-0.4, -0.2) is 97.7 Å². The molecule has 1 aromatic carbocycles. The van der Waals surface area contributed by atoms with Crippen LogP contribution in [0.25, 0.3) is 10.9 Å². The van der Waals surface area contributed by atoms with Crippen LogP contribution in [0.1, 0.15) is 55.9 Å². The molecule has 3 aliphatic rings. The minimum atomic E-state index is -2.90. The van der Waals surface area contributed by atoms with Gasteiger partial charge < -0.3 is 14.6 Å². The zero-order chi connectivity index (χ0) is 27.0. The van der Waals surface area contributed by atoms with E-state index in [1.54, 1.807) is 17.7 Å². The summed E-state index contributed by atoms with van der Waals surface area (Å²) in [7, 11) is -1.17. The molecule has 3 fully saturated rings. The SMILES string of the molecule is COC(CN1CCS(=O)(=O)CC1)CN1C2CCC1CC(NC(=O)c1cc3ccccc3n(C(C)C)c1=O)C2. The maximum Gasteiger partial charge on any atom is 0.264 e. The van der Waals surface area contributed by atoms with Gasteiger partial charge in [0.05, 0.1) is 23.1 Å². The first-order chi connectivity index (χ1) is 18.1. The number of methoxy groups -OCH3 is 1. The number of nitrogens with zero attached hydrogens (tertiary/aromatic N) is 3. The molecule has 0 radical (unpaired) electrons.